The van der Waals surface area contributed by atoms with E-state index in [0.29, 0.717) is 11.7 Å². The smallest absolute Gasteiger partial charge is 0.165 e. The topological polar surface area (TPSA) is 21.3 Å². The van der Waals surface area contributed by atoms with Crippen LogP contribution in [0.4, 0.5) is 4.39 Å². The van der Waals surface area contributed by atoms with Gasteiger partial charge in [-0.3, -0.25) is 0 Å². The summed E-state index contributed by atoms with van der Waals surface area (Å²) in [7, 11) is 0. The molecule has 1 N–H and O–H groups in total. The van der Waals surface area contributed by atoms with E-state index in [0.717, 1.165) is 18.7 Å². The molecule has 0 fully saturated rings. The second kappa shape index (κ2) is 6.60. The van der Waals surface area contributed by atoms with Crippen LogP contribution in [0, 0.1) is 18.7 Å². The molecule has 0 radical (unpaired) electrons. The van der Waals surface area contributed by atoms with Crippen LogP contribution in [-0.2, 0) is 0 Å². The van der Waals surface area contributed by atoms with E-state index in [4.69, 9.17) is 4.74 Å². The van der Waals surface area contributed by atoms with Crippen LogP contribution in [0.5, 0.6) is 5.75 Å². The predicted molar refractivity (Wildman–Crippen MR) is 68.9 cm³/mol. The van der Waals surface area contributed by atoms with Crippen molar-refractivity contribution < 1.29 is 9.13 Å². The lowest BCUT2D eigenvalue weighted by molar-refractivity contribution is 0.143. The van der Waals surface area contributed by atoms with E-state index in [1.807, 2.05) is 13.8 Å². The number of benzene rings is 1. The van der Waals surface area contributed by atoms with E-state index in [1.165, 1.54) is 6.07 Å². The highest BCUT2D eigenvalue weighted by Gasteiger charge is 2.16. The first-order chi connectivity index (χ1) is 8.04. The van der Waals surface area contributed by atoms with Gasteiger partial charge in [0.05, 0.1) is 0 Å². The lowest BCUT2D eigenvalue weighted by Gasteiger charge is -2.23. The first kappa shape index (κ1) is 14.0. The van der Waals surface area contributed by atoms with Crippen molar-refractivity contribution in [3.8, 4) is 5.75 Å². The van der Waals surface area contributed by atoms with Crippen LogP contribution >= 0.6 is 0 Å². The third-order valence-electron chi connectivity index (χ3n) is 2.70. The Kier molecular flexibility index (Phi) is 5.42. The zero-order valence-corrected chi connectivity index (χ0v) is 11.1. The fraction of sp³-hybridized carbons (Fsp3) is 0.571. The van der Waals surface area contributed by atoms with Crippen molar-refractivity contribution in [1.29, 1.82) is 0 Å². The molecular formula is C14H22FNO. The molecule has 1 aromatic carbocycles. The standard InChI is InChI=1S/C14H22FNO/c1-5-16-9-14(10(2)3)17-13-8-11(4)6-7-12(13)15/h6-8,10,14,16H,5,9H2,1-4H3. The van der Waals surface area contributed by atoms with Crippen LogP contribution in [0.1, 0.15) is 26.3 Å². The van der Waals surface area contributed by atoms with Gasteiger partial charge in [-0.1, -0.05) is 26.8 Å². The van der Waals surface area contributed by atoms with Crippen molar-refractivity contribution in [3.63, 3.8) is 0 Å². The molecule has 1 unspecified atom stereocenters. The van der Waals surface area contributed by atoms with Crippen molar-refractivity contribution in [3.05, 3.63) is 29.6 Å². The van der Waals surface area contributed by atoms with E-state index in [1.54, 1.807) is 12.1 Å². The summed E-state index contributed by atoms with van der Waals surface area (Å²) in [4.78, 5) is 0. The molecule has 0 spiro atoms. The first-order valence-corrected chi connectivity index (χ1v) is 6.18. The number of aryl methyl sites for hydroxylation is 1. The Morgan fingerprint density at radius 2 is 2.06 bits per heavy atom. The quantitative estimate of drug-likeness (QED) is 0.823. The van der Waals surface area contributed by atoms with Gasteiger partial charge in [0.25, 0.3) is 0 Å². The molecule has 1 aromatic rings. The van der Waals surface area contributed by atoms with Gasteiger partial charge in [-0.2, -0.15) is 0 Å². The molecule has 0 amide bonds. The van der Waals surface area contributed by atoms with Crippen LogP contribution in [-0.4, -0.2) is 19.2 Å². The van der Waals surface area contributed by atoms with Crippen LogP contribution in [0.15, 0.2) is 18.2 Å². The fourth-order valence-electron chi connectivity index (χ4n) is 1.56. The van der Waals surface area contributed by atoms with Gasteiger partial charge < -0.3 is 10.1 Å². The van der Waals surface area contributed by atoms with E-state index in [9.17, 15) is 4.39 Å². The predicted octanol–water partition coefficient (Wildman–Crippen LogP) is 3.15. The minimum Gasteiger partial charge on any atom is -0.486 e. The molecule has 0 aliphatic rings. The van der Waals surface area contributed by atoms with Crippen molar-refractivity contribution in [2.75, 3.05) is 13.1 Å². The molecule has 0 aromatic heterocycles. The second-order valence-corrected chi connectivity index (χ2v) is 4.64. The Morgan fingerprint density at radius 3 is 2.65 bits per heavy atom. The second-order valence-electron chi connectivity index (χ2n) is 4.64. The normalized spacial score (nSPS) is 12.8. The summed E-state index contributed by atoms with van der Waals surface area (Å²) in [5, 5.41) is 3.24. The molecular weight excluding hydrogens is 217 g/mol. The number of likely N-dealkylation sites (N-methyl/N-ethyl adjacent to an activating group) is 1. The maximum atomic E-state index is 13.6. The average Bonchev–Trinajstić information content (AvgIpc) is 2.28. The fourth-order valence-corrected chi connectivity index (χ4v) is 1.56. The third-order valence-corrected chi connectivity index (χ3v) is 2.70. The van der Waals surface area contributed by atoms with Gasteiger partial charge in [-0.05, 0) is 37.1 Å². The van der Waals surface area contributed by atoms with Gasteiger partial charge in [-0.25, -0.2) is 4.39 Å². The molecule has 3 heteroatoms. The molecule has 0 aliphatic heterocycles. The molecule has 0 aliphatic carbocycles. The van der Waals surface area contributed by atoms with Crippen LogP contribution in [0.25, 0.3) is 0 Å². The average molecular weight is 239 g/mol. The van der Waals surface area contributed by atoms with E-state index < -0.39 is 0 Å². The Bertz CT molecular complexity index is 352. The van der Waals surface area contributed by atoms with Crippen molar-refractivity contribution in [2.24, 2.45) is 5.92 Å². The minimum absolute atomic E-state index is 0.00810. The number of rotatable bonds is 6. The zero-order valence-electron chi connectivity index (χ0n) is 11.1. The van der Waals surface area contributed by atoms with Crippen LogP contribution < -0.4 is 10.1 Å². The Balaban J connectivity index is 2.74. The van der Waals surface area contributed by atoms with Gasteiger partial charge in [-0.15, -0.1) is 0 Å². The molecule has 0 saturated carbocycles. The number of nitrogens with one attached hydrogen (secondary N) is 1. The largest absolute Gasteiger partial charge is 0.486 e. The summed E-state index contributed by atoms with van der Waals surface area (Å²) in [5.41, 5.74) is 1.01. The van der Waals surface area contributed by atoms with Gasteiger partial charge in [0.1, 0.15) is 6.10 Å². The van der Waals surface area contributed by atoms with Crippen molar-refractivity contribution in [1.82, 2.24) is 5.32 Å². The maximum absolute atomic E-state index is 13.6. The summed E-state index contributed by atoms with van der Waals surface area (Å²) in [5.74, 6) is 0.397. The van der Waals surface area contributed by atoms with E-state index in [-0.39, 0.29) is 11.9 Å². The van der Waals surface area contributed by atoms with Crippen LogP contribution in [0.2, 0.25) is 0 Å². The first-order valence-electron chi connectivity index (χ1n) is 6.18. The number of ether oxygens (including phenoxy) is 1. The van der Waals surface area contributed by atoms with E-state index >= 15 is 0 Å². The molecule has 1 atom stereocenters. The summed E-state index contributed by atoms with van der Waals surface area (Å²) in [6.07, 6.45) is -0.00810. The molecule has 96 valence electrons. The molecule has 1 rings (SSSR count). The number of hydrogen-bond donors (Lipinski definition) is 1. The van der Waals surface area contributed by atoms with Crippen molar-refractivity contribution in [2.45, 2.75) is 33.8 Å². The van der Waals surface area contributed by atoms with Gasteiger partial charge in [0, 0.05) is 6.54 Å². The van der Waals surface area contributed by atoms with Crippen LogP contribution in [0.3, 0.4) is 0 Å². The minimum atomic E-state index is -0.294. The SMILES string of the molecule is CCNCC(Oc1cc(C)ccc1F)C(C)C. The Labute approximate surface area is 103 Å². The Morgan fingerprint density at radius 1 is 1.35 bits per heavy atom. The summed E-state index contributed by atoms with van der Waals surface area (Å²) < 4.78 is 19.3. The molecule has 0 saturated heterocycles. The van der Waals surface area contributed by atoms with Gasteiger partial charge >= 0.3 is 0 Å². The maximum Gasteiger partial charge on any atom is 0.165 e. The lowest BCUT2D eigenvalue weighted by atomic mass is 10.1. The zero-order chi connectivity index (χ0) is 12.8. The van der Waals surface area contributed by atoms with Gasteiger partial charge in [0.15, 0.2) is 11.6 Å². The van der Waals surface area contributed by atoms with Gasteiger partial charge in [0.2, 0.25) is 0 Å². The third kappa shape index (κ3) is 4.35. The summed E-state index contributed by atoms with van der Waals surface area (Å²) >= 11 is 0. The summed E-state index contributed by atoms with van der Waals surface area (Å²) in [6, 6.07) is 4.95. The molecule has 0 heterocycles. The molecule has 17 heavy (non-hydrogen) atoms. The highest BCUT2D eigenvalue weighted by atomic mass is 19.1. The monoisotopic (exact) mass is 239 g/mol. The van der Waals surface area contributed by atoms with E-state index in [2.05, 4.69) is 19.2 Å². The number of hydrogen-bond acceptors (Lipinski definition) is 2. The molecule has 2 nitrogen and oxygen atoms in total. The highest BCUT2D eigenvalue weighted by Crippen LogP contribution is 2.21. The molecule has 0 bridgehead atoms. The lowest BCUT2D eigenvalue weighted by Crippen LogP contribution is -2.35. The number of halogens is 1. The van der Waals surface area contributed by atoms with Crippen molar-refractivity contribution >= 4 is 0 Å². The Hall–Kier alpha value is -1.09. The highest BCUT2D eigenvalue weighted by molar-refractivity contribution is 5.29. The summed E-state index contributed by atoms with van der Waals surface area (Å²) in [6.45, 7) is 9.77.